The highest BCUT2D eigenvalue weighted by Gasteiger charge is 2.25. The van der Waals surface area contributed by atoms with Crippen molar-refractivity contribution in [2.24, 2.45) is 7.05 Å². The lowest BCUT2D eigenvalue weighted by Crippen LogP contribution is -2.45. The number of nitrogens with one attached hydrogen (secondary N) is 1. The lowest BCUT2D eigenvalue weighted by Gasteiger charge is -2.34. The molecule has 2 N–H and O–H groups in total. The third kappa shape index (κ3) is 3.60. The van der Waals surface area contributed by atoms with Crippen LogP contribution in [0, 0.1) is 0 Å². The second-order valence-electron chi connectivity index (χ2n) is 6.74. The van der Waals surface area contributed by atoms with Gasteiger partial charge in [0.15, 0.2) is 11.2 Å². The molecule has 1 aliphatic heterocycles. The maximum absolute atomic E-state index is 12.3. The number of aryl methyl sites for hydroxylation is 2. The Bertz CT molecular complexity index is 866. The molecule has 2 aromatic heterocycles. The second kappa shape index (κ2) is 8.15. The van der Waals surface area contributed by atoms with E-state index in [1.807, 2.05) is 0 Å². The summed E-state index contributed by atoms with van der Waals surface area (Å²) in [5.74, 6) is 0.728. The highest BCUT2D eigenvalue weighted by atomic mass is 16.5. The van der Waals surface area contributed by atoms with Crippen LogP contribution in [0.3, 0.4) is 0 Å². The van der Waals surface area contributed by atoms with Crippen LogP contribution < -0.4 is 11.2 Å². The third-order valence-electron chi connectivity index (χ3n) is 5.00. The quantitative estimate of drug-likeness (QED) is 0.704. The molecule has 0 unspecified atom stereocenters. The Morgan fingerprint density at radius 1 is 1.38 bits per heavy atom. The van der Waals surface area contributed by atoms with Crippen LogP contribution in [-0.2, 0) is 24.9 Å². The van der Waals surface area contributed by atoms with Crippen LogP contribution >= 0.6 is 0 Å². The fraction of sp³-hybridized carbons (Fsp3) is 0.706. The first-order chi connectivity index (χ1) is 12.6. The molecule has 1 aliphatic rings. The van der Waals surface area contributed by atoms with E-state index in [4.69, 9.17) is 4.74 Å². The molecule has 9 nitrogen and oxygen atoms in total. The molecule has 144 valence electrons. The van der Waals surface area contributed by atoms with Crippen LogP contribution in [0.5, 0.6) is 0 Å². The minimum atomic E-state index is -0.412. The van der Waals surface area contributed by atoms with E-state index in [1.54, 1.807) is 16.2 Å². The van der Waals surface area contributed by atoms with E-state index >= 15 is 0 Å². The Morgan fingerprint density at radius 2 is 2.19 bits per heavy atom. The van der Waals surface area contributed by atoms with Crippen molar-refractivity contribution in [1.29, 1.82) is 0 Å². The molecule has 2 aromatic rings. The number of hydrogen-bond acceptors (Lipinski definition) is 6. The Kier molecular flexibility index (Phi) is 5.90. The SMILES string of the molecule is CCCCn1c(=O)[nH]c(=O)c2c1nc(CN1CCOC[C@@H]1CCO)n2C. The molecule has 0 aliphatic carbocycles. The monoisotopic (exact) mass is 365 g/mol. The molecule has 3 rings (SSSR count). The van der Waals surface area contributed by atoms with Gasteiger partial charge in [0.05, 0.1) is 19.8 Å². The zero-order chi connectivity index (χ0) is 18.7. The normalized spacial score (nSPS) is 18.7. The smallest absolute Gasteiger partial charge is 0.330 e. The van der Waals surface area contributed by atoms with E-state index in [2.05, 4.69) is 21.8 Å². The number of rotatable bonds is 7. The molecule has 26 heavy (non-hydrogen) atoms. The van der Waals surface area contributed by atoms with Gasteiger partial charge in [-0.3, -0.25) is 19.2 Å². The predicted octanol–water partition coefficient (Wildman–Crippen LogP) is -0.193. The van der Waals surface area contributed by atoms with E-state index in [1.165, 1.54) is 0 Å². The number of aliphatic hydroxyl groups excluding tert-OH is 1. The molecule has 1 atom stereocenters. The van der Waals surface area contributed by atoms with Gasteiger partial charge in [0.25, 0.3) is 5.56 Å². The fourth-order valence-electron chi connectivity index (χ4n) is 3.45. The molecule has 0 spiro atoms. The molecule has 3 heterocycles. The number of morpholine rings is 1. The van der Waals surface area contributed by atoms with Crippen LogP contribution in [0.4, 0.5) is 0 Å². The second-order valence-corrected chi connectivity index (χ2v) is 6.74. The molecular formula is C17H27N5O4. The summed E-state index contributed by atoms with van der Waals surface area (Å²) in [5, 5.41) is 9.27. The van der Waals surface area contributed by atoms with E-state index in [9.17, 15) is 14.7 Å². The van der Waals surface area contributed by atoms with Crippen molar-refractivity contribution in [3.05, 3.63) is 26.7 Å². The third-order valence-corrected chi connectivity index (χ3v) is 5.00. The molecule has 1 fully saturated rings. The largest absolute Gasteiger partial charge is 0.396 e. The average molecular weight is 365 g/mol. The van der Waals surface area contributed by atoms with Crippen LogP contribution in [0.1, 0.15) is 32.0 Å². The number of H-pyrrole nitrogens is 1. The lowest BCUT2D eigenvalue weighted by atomic mass is 10.1. The minimum absolute atomic E-state index is 0.100. The number of fused-ring (bicyclic) bond motifs is 1. The van der Waals surface area contributed by atoms with Gasteiger partial charge in [0.1, 0.15) is 5.82 Å². The number of aromatic nitrogens is 4. The van der Waals surface area contributed by atoms with Crippen LogP contribution in [0.15, 0.2) is 9.59 Å². The number of ether oxygens (including phenoxy) is 1. The topological polar surface area (TPSA) is 105 Å². The molecular weight excluding hydrogens is 338 g/mol. The van der Waals surface area contributed by atoms with Crippen molar-refractivity contribution >= 4 is 11.2 Å². The number of unbranched alkanes of at least 4 members (excludes halogenated alkanes) is 1. The van der Waals surface area contributed by atoms with E-state index in [0.717, 1.165) is 25.2 Å². The molecule has 0 aromatic carbocycles. The summed E-state index contributed by atoms with van der Waals surface area (Å²) in [6.07, 6.45) is 2.42. The van der Waals surface area contributed by atoms with Crippen molar-refractivity contribution in [3.8, 4) is 0 Å². The first-order valence-corrected chi connectivity index (χ1v) is 9.17. The maximum Gasteiger partial charge on any atom is 0.330 e. The number of hydrogen-bond donors (Lipinski definition) is 2. The van der Waals surface area contributed by atoms with Crippen LogP contribution in [-0.4, -0.2) is 61.5 Å². The van der Waals surface area contributed by atoms with Crippen molar-refractivity contribution in [1.82, 2.24) is 24.0 Å². The molecule has 9 heteroatoms. The average Bonchev–Trinajstić information content (AvgIpc) is 2.93. The van der Waals surface area contributed by atoms with Gasteiger partial charge in [-0.15, -0.1) is 0 Å². The summed E-state index contributed by atoms with van der Waals surface area (Å²) in [4.78, 5) is 33.8. The molecule has 0 radical (unpaired) electrons. The molecule has 0 bridgehead atoms. The first kappa shape index (κ1) is 18.8. The maximum atomic E-state index is 12.3. The van der Waals surface area contributed by atoms with Crippen molar-refractivity contribution < 1.29 is 9.84 Å². The highest BCUT2D eigenvalue weighted by molar-refractivity contribution is 5.70. The van der Waals surface area contributed by atoms with Gasteiger partial charge in [-0.2, -0.15) is 0 Å². The zero-order valence-corrected chi connectivity index (χ0v) is 15.4. The van der Waals surface area contributed by atoms with Gasteiger partial charge in [0.2, 0.25) is 0 Å². The van der Waals surface area contributed by atoms with Crippen molar-refractivity contribution in [2.45, 2.75) is 45.3 Å². The summed E-state index contributed by atoms with van der Waals surface area (Å²) >= 11 is 0. The van der Waals surface area contributed by atoms with Crippen LogP contribution in [0.25, 0.3) is 11.2 Å². The Morgan fingerprint density at radius 3 is 2.92 bits per heavy atom. The first-order valence-electron chi connectivity index (χ1n) is 9.17. The minimum Gasteiger partial charge on any atom is -0.396 e. The standard InChI is InChI=1S/C17H27N5O4/c1-3-4-6-22-15-14(16(24)19-17(22)25)20(2)13(18-15)10-21-7-9-26-11-12(21)5-8-23/h12,23H,3-11H2,1-2H3,(H,19,24,25)/t12-/m0/s1. The van der Waals surface area contributed by atoms with Gasteiger partial charge in [0, 0.05) is 32.8 Å². The summed E-state index contributed by atoms with van der Waals surface area (Å²) in [5.41, 5.74) is 0.0392. The Balaban J connectivity index is 1.99. The highest BCUT2D eigenvalue weighted by Crippen LogP contribution is 2.17. The van der Waals surface area contributed by atoms with E-state index in [-0.39, 0.29) is 12.6 Å². The summed E-state index contributed by atoms with van der Waals surface area (Å²) in [6, 6.07) is 0.120. The predicted molar refractivity (Wildman–Crippen MR) is 97.2 cm³/mol. The molecule has 0 amide bonds. The van der Waals surface area contributed by atoms with Gasteiger partial charge in [-0.05, 0) is 12.8 Å². The van der Waals surface area contributed by atoms with Crippen molar-refractivity contribution in [3.63, 3.8) is 0 Å². The molecule has 0 saturated carbocycles. The number of nitrogens with zero attached hydrogens (tertiary/aromatic N) is 4. The van der Waals surface area contributed by atoms with E-state index in [0.29, 0.717) is 43.9 Å². The Hall–Kier alpha value is -1.97. The zero-order valence-electron chi connectivity index (χ0n) is 15.4. The van der Waals surface area contributed by atoms with Gasteiger partial charge >= 0.3 is 5.69 Å². The summed E-state index contributed by atoms with van der Waals surface area (Å²) in [7, 11) is 1.80. The summed E-state index contributed by atoms with van der Waals surface area (Å²) < 4.78 is 8.82. The summed E-state index contributed by atoms with van der Waals surface area (Å²) in [6.45, 7) is 5.18. The van der Waals surface area contributed by atoms with Gasteiger partial charge in [-0.1, -0.05) is 13.3 Å². The Labute approximate surface area is 151 Å². The number of aliphatic hydroxyl groups is 1. The number of aromatic amines is 1. The van der Waals surface area contributed by atoms with Crippen LogP contribution in [0.2, 0.25) is 0 Å². The van der Waals surface area contributed by atoms with E-state index < -0.39 is 11.2 Å². The van der Waals surface area contributed by atoms with Crippen molar-refractivity contribution in [2.75, 3.05) is 26.4 Å². The van der Waals surface area contributed by atoms with Gasteiger partial charge in [-0.25, -0.2) is 9.78 Å². The van der Waals surface area contributed by atoms with Gasteiger partial charge < -0.3 is 14.4 Å². The molecule has 1 saturated heterocycles. The fourth-order valence-corrected chi connectivity index (χ4v) is 3.45. The number of imidazole rings is 1. The lowest BCUT2D eigenvalue weighted by molar-refractivity contribution is -0.0208.